The van der Waals surface area contributed by atoms with Gasteiger partial charge in [-0.05, 0) is 36.4 Å². The van der Waals surface area contributed by atoms with Gasteiger partial charge in [0.1, 0.15) is 11.4 Å². The van der Waals surface area contributed by atoms with Crippen molar-refractivity contribution in [3.05, 3.63) is 101 Å². The third-order valence-electron chi connectivity index (χ3n) is 4.17. The number of para-hydroxylation sites is 2. The highest BCUT2D eigenvalue weighted by atomic mass is 16.4. The third-order valence-corrected chi connectivity index (χ3v) is 4.17. The van der Waals surface area contributed by atoms with Gasteiger partial charge in [0.05, 0.1) is 11.3 Å². The van der Waals surface area contributed by atoms with E-state index in [-0.39, 0.29) is 22.7 Å². The number of benzene rings is 3. The van der Waals surface area contributed by atoms with E-state index in [0.717, 1.165) is 0 Å². The number of amides is 2. The molecule has 3 aromatic rings. The number of phenols is 1. The molecule has 0 saturated carbocycles. The first-order valence-corrected chi connectivity index (χ1v) is 8.95. The van der Waals surface area contributed by atoms with Gasteiger partial charge >= 0.3 is 5.97 Å². The standard InChI is InChI=1S/C23H18N2O5/c26-20-13-7-4-10-16(20)14-19(25-21(27)15-8-2-1-3-9-15)22(28)24-18-12-6-5-11-17(18)23(29)30/h1-14,26H,(H,24,28)(H,25,27)(H,29,30). The number of aromatic carboxylic acids is 1. The topological polar surface area (TPSA) is 116 Å². The highest BCUT2D eigenvalue weighted by molar-refractivity contribution is 6.12. The van der Waals surface area contributed by atoms with Crippen LogP contribution in [0, 0.1) is 0 Å². The summed E-state index contributed by atoms with van der Waals surface area (Å²) in [5.74, 6) is -2.55. The maximum absolute atomic E-state index is 12.9. The Labute approximate surface area is 172 Å². The quantitative estimate of drug-likeness (QED) is 0.471. The van der Waals surface area contributed by atoms with Gasteiger partial charge in [0.15, 0.2) is 0 Å². The Hall–Kier alpha value is -4.39. The largest absolute Gasteiger partial charge is 0.507 e. The fourth-order valence-corrected chi connectivity index (χ4v) is 2.68. The normalized spacial score (nSPS) is 10.9. The second-order valence-corrected chi connectivity index (χ2v) is 6.24. The molecule has 4 N–H and O–H groups in total. The number of carboxylic acids is 1. The van der Waals surface area contributed by atoms with Crippen LogP contribution in [0.25, 0.3) is 6.08 Å². The number of hydrogen-bond donors (Lipinski definition) is 4. The molecule has 3 rings (SSSR count). The first-order valence-electron chi connectivity index (χ1n) is 8.95. The Morgan fingerprint density at radius 1 is 0.800 bits per heavy atom. The van der Waals surface area contributed by atoms with Gasteiger partial charge in [0.2, 0.25) is 0 Å². The molecule has 7 nitrogen and oxygen atoms in total. The first-order chi connectivity index (χ1) is 14.5. The molecule has 30 heavy (non-hydrogen) atoms. The highest BCUT2D eigenvalue weighted by Crippen LogP contribution is 2.20. The predicted octanol–water partition coefficient (Wildman–Crippen LogP) is 3.50. The number of rotatable bonds is 6. The van der Waals surface area contributed by atoms with Gasteiger partial charge in [-0.2, -0.15) is 0 Å². The van der Waals surface area contributed by atoms with E-state index in [1.807, 2.05) is 0 Å². The Morgan fingerprint density at radius 2 is 1.43 bits per heavy atom. The number of carboxylic acid groups (broad SMARTS) is 1. The highest BCUT2D eigenvalue weighted by Gasteiger charge is 2.18. The summed E-state index contributed by atoms with van der Waals surface area (Å²) in [5.41, 5.74) is 0.460. The van der Waals surface area contributed by atoms with E-state index in [9.17, 15) is 24.6 Å². The van der Waals surface area contributed by atoms with E-state index < -0.39 is 17.8 Å². The van der Waals surface area contributed by atoms with Crippen molar-refractivity contribution in [2.45, 2.75) is 0 Å². The van der Waals surface area contributed by atoms with Crippen LogP contribution in [0.2, 0.25) is 0 Å². The van der Waals surface area contributed by atoms with E-state index in [1.165, 1.54) is 30.3 Å². The molecule has 0 fully saturated rings. The molecular formula is C23H18N2O5. The number of aromatic hydroxyl groups is 1. The summed E-state index contributed by atoms with van der Waals surface area (Å²) in [6, 6.07) is 20.5. The van der Waals surface area contributed by atoms with Crippen LogP contribution in [0.4, 0.5) is 5.69 Å². The third kappa shape index (κ3) is 4.90. The molecule has 0 heterocycles. The molecule has 0 atom stereocenters. The van der Waals surface area contributed by atoms with Crippen molar-refractivity contribution in [3.63, 3.8) is 0 Å². The maximum atomic E-state index is 12.9. The zero-order valence-corrected chi connectivity index (χ0v) is 15.7. The average Bonchev–Trinajstić information content (AvgIpc) is 2.75. The zero-order valence-electron chi connectivity index (χ0n) is 15.7. The minimum absolute atomic E-state index is 0.0761. The Kier molecular flexibility index (Phi) is 6.24. The van der Waals surface area contributed by atoms with Crippen LogP contribution in [-0.2, 0) is 4.79 Å². The van der Waals surface area contributed by atoms with Crippen molar-refractivity contribution < 1.29 is 24.6 Å². The van der Waals surface area contributed by atoms with E-state index in [2.05, 4.69) is 10.6 Å². The molecule has 7 heteroatoms. The van der Waals surface area contributed by atoms with E-state index in [4.69, 9.17) is 0 Å². The van der Waals surface area contributed by atoms with Crippen LogP contribution in [0.15, 0.2) is 84.6 Å². The lowest BCUT2D eigenvalue weighted by atomic mass is 10.1. The second kappa shape index (κ2) is 9.20. The number of hydrogen-bond acceptors (Lipinski definition) is 4. The molecule has 150 valence electrons. The molecule has 0 aliphatic rings. The summed E-state index contributed by atoms with van der Waals surface area (Å²) in [4.78, 5) is 36.9. The summed E-state index contributed by atoms with van der Waals surface area (Å²) in [7, 11) is 0. The SMILES string of the molecule is O=C(Nc1ccccc1C(=O)O)C(=Cc1ccccc1O)NC(=O)c1ccccc1. The van der Waals surface area contributed by atoms with Crippen LogP contribution in [-0.4, -0.2) is 28.0 Å². The van der Waals surface area contributed by atoms with Crippen molar-refractivity contribution in [2.24, 2.45) is 0 Å². The van der Waals surface area contributed by atoms with Gasteiger partial charge < -0.3 is 20.8 Å². The average molecular weight is 402 g/mol. The molecular weight excluding hydrogens is 384 g/mol. The fraction of sp³-hybridized carbons (Fsp3) is 0. The molecule has 0 bridgehead atoms. The summed E-state index contributed by atoms with van der Waals surface area (Å²) >= 11 is 0. The number of carbonyl (C=O) groups is 3. The van der Waals surface area contributed by atoms with Gasteiger partial charge in [-0.1, -0.05) is 48.5 Å². The van der Waals surface area contributed by atoms with Crippen molar-refractivity contribution in [2.75, 3.05) is 5.32 Å². The summed E-state index contributed by atoms with van der Waals surface area (Å²) in [6.45, 7) is 0. The van der Waals surface area contributed by atoms with Gasteiger partial charge in [0.25, 0.3) is 11.8 Å². The minimum atomic E-state index is -1.20. The lowest BCUT2D eigenvalue weighted by Gasteiger charge is -2.13. The molecule has 0 unspecified atom stereocenters. The van der Waals surface area contributed by atoms with Gasteiger partial charge in [-0.3, -0.25) is 9.59 Å². The van der Waals surface area contributed by atoms with E-state index >= 15 is 0 Å². The van der Waals surface area contributed by atoms with Crippen LogP contribution in [0.1, 0.15) is 26.3 Å². The van der Waals surface area contributed by atoms with Crippen LogP contribution >= 0.6 is 0 Å². The van der Waals surface area contributed by atoms with Crippen LogP contribution in [0.3, 0.4) is 0 Å². The smallest absolute Gasteiger partial charge is 0.337 e. The molecule has 0 radical (unpaired) electrons. The lowest BCUT2D eigenvalue weighted by Crippen LogP contribution is -2.31. The summed E-state index contributed by atoms with van der Waals surface area (Å²) < 4.78 is 0. The summed E-state index contributed by atoms with van der Waals surface area (Å²) in [6.07, 6.45) is 1.31. The van der Waals surface area contributed by atoms with Crippen molar-refractivity contribution in [1.29, 1.82) is 0 Å². The van der Waals surface area contributed by atoms with E-state index in [1.54, 1.807) is 54.6 Å². The Bertz CT molecular complexity index is 1120. The van der Waals surface area contributed by atoms with Gasteiger partial charge in [0, 0.05) is 11.1 Å². The molecule has 0 aliphatic heterocycles. The Morgan fingerprint density at radius 3 is 2.13 bits per heavy atom. The first kappa shape index (κ1) is 20.3. The van der Waals surface area contributed by atoms with Crippen molar-refractivity contribution in [3.8, 4) is 5.75 Å². The molecule has 0 aromatic heterocycles. The summed E-state index contributed by atoms with van der Waals surface area (Å²) in [5, 5.41) is 24.4. The molecule has 0 saturated heterocycles. The van der Waals surface area contributed by atoms with Crippen LogP contribution in [0.5, 0.6) is 5.75 Å². The number of phenolic OH excluding ortho intramolecular Hbond substituents is 1. The van der Waals surface area contributed by atoms with Crippen LogP contribution < -0.4 is 10.6 Å². The number of nitrogens with one attached hydrogen (secondary N) is 2. The molecule has 0 spiro atoms. The minimum Gasteiger partial charge on any atom is -0.507 e. The lowest BCUT2D eigenvalue weighted by molar-refractivity contribution is -0.113. The Balaban J connectivity index is 1.95. The fourth-order valence-electron chi connectivity index (χ4n) is 2.68. The number of anilines is 1. The van der Waals surface area contributed by atoms with Crippen molar-refractivity contribution in [1.82, 2.24) is 5.32 Å². The zero-order chi connectivity index (χ0) is 21.5. The molecule has 3 aromatic carbocycles. The second-order valence-electron chi connectivity index (χ2n) is 6.24. The predicted molar refractivity (Wildman–Crippen MR) is 112 cm³/mol. The van der Waals surface area contributed by atoms with Gasteiger partial charge in [-0.25, -0.2) is 4.79 Å². The molecule has 2 amide bonds. The maximum Gasteiger partial charge on any atom is 0.337 e. The van der Waals surface area contributed by atoms with Crippen molar-refractivity contribution >= 4 is 29.5 Å². The van der Waals surface area contributed by atoms with Gasteiger partial charge in [-0.15, -0.1) is 0 Å². The van der Waals surface area contributed by atoms with E-state index in [0.29, 0.717) is 11.1 Å². The molecule has 0 aliphatic carbocycles. The number of carbonyl (C=O) groups excluding carboxylic acids is 2. The monoisotopic (exact) mass is 402 g/mol.